The highest BCUT2D eigenvalue weighted by atomic mass is 32.1. The average molecular weight is 622 g/mol. The van der Waals surface area contributed by atoms with Crippen LogP contribution in [0.15, 0.2) is 89.8 Å². The summed E-state index contributed by atoms with van der Waals surface area (Å²) in [7, 11) is 0. The summed E-state index contributed by atoms with van der Waals surface area (Å²) < 4.78 is 12.4. The van der Waals surface area contributed by atoms with E-state index in [1.165, 1.54) is 32.0 Å². The predicted octanol–water partition coefficient (Wildman–Crippen LogP) is 7.94. The lowest BCUT2D eigenvalue weighted by Gasteiger charge is -2.45. The van der Waals surface area contributed by atoms with Crippen LogP contribution in [0.5, 0.6) is 0 Å². The summed E-state index contributed by atoms with van der Waals surface area (Å²) in [4.78, 5) is 7.75. The molecule has 4 aliphatic rings. The first-order valence-corrected chi connectivity index (χ1v) is 17.5. The van der Waals surface area contributed by atoms with Gasteiger partial charge in [0.1, 0.15) is 11.7 Å². The van der Waals surface area contributed by atoms with E-state index in [0.29, 0.717) is 0 Å². The van der Waals surface area contributed by atoms with Gasteiger partial charge in [0.15, 0.2) is 0 Å². The summed E-state index contributed by atoms with van der Waals surface area (Å²) in [6.07, 6.45) is 8.55. The Kier molecular flexibility index (Phi) is 8.71. The van der Waals surface area contributed by atoms with Gasteiger partial charge in [0.25, 0.3) is 0 Å². The molecule has 2 fully saturated rings. The van der Waals surface area contributed by atoms with Crippen molar-refractivity contribution < 1.29 is 9.47 Å². The second-order valence-corrected chi connectivity index (χ2v) is 14.3. The third-order valence-corrected chi connectivity index (χ3v) is 11.5. The van der Waals surface area contributed by atoms with Crippen LogP contribution in [0.2, 0.25) is 0 Å². The van der Waals surface area contributed by atoms with Crippen LogP contribution in [0.3, 0.4) is 0 Å². The van der Waals surface area contributed by atoms with Gasteiger partial charge in [-0.05, 0) is 58.5 Å². The zero-order valence-corrected chi connectivity index (χ0v) is 26.7. The standard InChI is InChI=1S/C19H20N2OS.C18H19NOS/c20-13-16-12-18-17(6-11-23-18)19(22-16)7-9-21(10-8-19)14-15-4-2-1-3-5-15;1-2-4-15(5-3-1)14-19-10-8-18(9-11-19)16-7-13-21-17(16)6-12-20-18/h1-6,11,16H,7-10,12,14H2;1-7,12-13H,8-11,14H2. The highest BCUT2D eigenvalue weighted by Gasteiger charge is 2.44. The van der Waals surface area contributed by atoms with E-state index in [4.69, 9.17) is 9.47 Å². The summed E-state index contributed by atoms with van der Waals surface area (Å²) >= 11 is 3.59. The fraction of sp³-hybridized carbons (Fsp3) is 0.378. The molecular formula is C37H39N3O2S2. The lowest BCUT2D eigenvalue weighted by Crippen LogP contribution is -2.47. The minimum absolute atomic E-state index is 0.0722. The van der Waals surface area contributed by atoms with Gasteiger partial charge in [-0.2, -0.15) is 5.26 Å². The second kappa shape index (κ2) is 13.0. The Balaban J connectivity index is 0.000000143. The van der Waals surface area contributed by atoms with E-state index in [-0.39, 0.29) is 17.3 Å². The number of nitriles is 1. The molecule has 44 heavy (non-hydrogen) atoms. The largest absolute Gasteiger partial charge is 0.490 e. The molecule has 226 valence electrons. The SMILES string of the molecule is C1=Cc2sccc2C2(CCN(Cc3ccccc3)CC2)O1.N#CC1Cc2sccc2C2(CCN(Cc3ccccc3)CC2)O1. The molecule has 2 aromatic heterocycles. The first-order chi connectivity index (χ1) is 21.6. The molecule has 0 radical (unpaired) electrons. The van der Waals surface area contributed by atoms with Gasteiger partial charge in [-0.15, -0.1) is 22.7 Å². The molecule has 8 rings (SSSR count). The Morgan fingerprint density at radius 1 is 0.727 bits per heavy atom. The summed E-state index contributed by atoms with van der Waals surface area (Å²) in [5, 5.41) is 13.7. The molecule has 0 bridgehead atoms. The molecule has 0 amide bonds. The minimum atomic E-state index is -0.290. The van der Waals surface area contributed by atoms with Crippen LogP contribution >= 0.6 is 22.7 Å². The molecule has 0 saturated carbocycles. The Morgan fingerprint density at radius 2 is 1.30 bits per heavy atom. The Bertz CT molecular complexity index is 1590. The zero-order chi connectivity index (χ0) is 29.8. The number of benzene rings is 2. The van der Waals surface area contributed by atoms with Crippen molar-refractivity contribution in [1.82, 2.24) is 9.80 Å². The number of hydrogen-bond acceptors (Lipinski definition) is 7. The lowest BCUT2D eigenvalue weighted by molar-refractivity contribution is -0.121. The molecule has 1 atom stereocenters. The number of rotatable bonds is 4. The van der Waals surface area contributed by atoms with Crippen molar-refractivity contribution in [2.45, 2.75) is 62.5 Å². The average Bonchev–Trinajstić information content (AvgIpc) is 3.76. The Hall–Kier alpha value is -3.25. The first kappa shape index (κ1) is 29.5. The maximum atomic E-state index is 9.33. The maximum absolute atomic E-state index is 9.33. The molecule has 6 heterocycles. The molecular weight excluding hydrogens is 583 g/mol. The van der Waals surface area contributed by atoms with Gasteiger partial charge in [-0.25, -0.2) is 0 Å². The number of hydrogen-bond donors (Lipinski definition) is 0. The van der Waals surface area contributed by atoms with Gasteiger partial charge >= 0.3 is 0 Å². The van der Waals surface area contributed by atoms with Crippen LogP contribution in [-0.4, -0.2) is 42.1 Å². The summed E-state index contributed by atoms with van der Waals surface area (Å²) in [6, 6.07) is 28.1. The van der Waals surface area contributed by atoms with E-state index in [0.717, 1.165) is 71.4 Å². The molecule has 7 heteroatoms. The number of thiophene rings is 2. The van der Waals surface area contributed by atoms with E-state index >= 15 is 0 Å². The zero-order valence-electron chi connectivity index (χ0n) is 25.1. The number of piperidine rings is 2. The first-order valence-electron chi connectivity index (χ1n) is 15.7. The molecule has 2 spiro atoms. The number of fused-ring (bicyclic) bond motifs is 4. The molecule has 2 aromatic carbocycles. The highest BCUT2D eigenvalue weighted by Crippen LogP contribution is 2.46. The monoisotopic (exact) mass is 621 g/mol. The van der Waals surface area contributed by atoms with E-state index in [1.54, 1.807) is 11.3 Å². The van der Waals surface area contributed by atoms with Crippen molar-refractivity contribution in [1.29, 1.82) is 5.26 Å². The van der Waals surface area contributed by atoms with E-state index in [2.05, 4.69) is 106 Å². The van der Waals surface area contributed by atoms with Gasteiger partial charge in [0.2, 0.25) is 0 Å². The lowest BCUT2D eigenvalue weighted by atomic mass is 9.81. The van der Waals surface area contributed by atoms with Crippen LogP contribution in [0.1, 0.15) is 57.7 Å². The quantitative estimate of drug-likeness (QED) is 0.232. The third kappa shape index (κ3) is 6.15. The Morgan fingerprint density at radius 3 is 1.91 bits per heavy atom. The topological polar surface area (TPSA) is 48.7 Å². The van der Waals surface area contributed by atoms with E-state index < -0.39 is 0 Å². The summed E-state index contributed by atoms with van der Waals surface area (Å²) in [5.74, 6) is 0. The number of ether oxygens (including phenoxy) is 2. The van der Waals surface area contributed by atoms with Gasteiger partial charge in [-0.3, -0.25) is 9.80 Å². The van der Waals surface area contributed by atoms with Crippen molar-refractivity contribution in [2.24, 2.45) is 0 Å². The van der Waals surface area contributed by atoms with Crippen LogP contribution < -0.4 is 0 Å². The predicted molar refractivity (Wildman–Crippen MR) is 178 cm³/mol. The van der Waals surface area contributed by atoms with Gasteiger partial charge in [-0.1, -0.05) is 60.7 Å². The van der Waals surface area contributed by atoms with E-state index in [9.17, 15) is 5.26 Å². The van der Waals surface area contributed by atoms with Crippen molar-refractivity contribution in [2.75, 3.05) is 26.2 Å². The second-order valence-electron chi connectivity index (χ2n) is 12.3. The van der Waals surface area contributed by atoms with Crippen molar-refractivity contribution >= 4 is 28.7 Å². The van der Waals surface area contributed by atoms with Crippen molar-refractivity contribution in [3.8, 4) is 6.07 Å². The fourth-order valence-corrected chi connectivity index (χ4v) is 9.10. The van der Waals surface area contributed by atoms with Crippen LogP contribution in [0.25, 0.3) is 6.08 Å². The van der Waals surface area contributed by atoms with Gasteiger partial charge < -0.3 is 9.47 Å². The molecule has 2 saturated heterocycles. The molecule has 1 unspecified atom stereocenters. The number of likely N-dealkylation sites (tertiary alicyclic amines) is 2. The molecule has 4 aliphatic heterocycles. The normalized spacial score (nSPS) is 21.8. The fourth-order valence-electron chi connectivity index (χ4n) is 7.24. The number of nitrogens with zero attached hydrogens (tertiary/aromatic N) is 3. The summed E-state index contributed by atoms with van der Waals surface area (Å²) in [5.41, 5.74) is 5.19. The highest BCUT2D eigenvalue weighted by molar-refractivity contribution is 7.11. The minimum Gasteiger partial charge on any atom is -0.490 e. The van der Waals surface area contributed by atoms with Crippen LogP contribution in [-0.2, 0) is 40.2 Å². The smallest absolute Gasteiger partial charge is 0.150 e. The van der Waals surface area contributed by atoms with Gasteiger partial charge in [0.05, 0.1) is 17.9 Å². The molecule has 0 N–H and O–H groups in total. The van der Waals surface area contributed by atoms with E-state index in [1.807, 2.05) is 17.6 Å². The summed E-state index contributed by atoms with van der Waals surface area (Å²) in [6.45, 7) is 6.26. The molecule has 4 aromatic rings. The van der Waals surface area contributed by atoms with Crippen molar-refractivity contribution in [3.05, 3.63) is 122 Å². The Labute approximate surface area is 269 Å². The molecule has 5 nitrogen and oxygen atoms in total. The van der Waals surface area contributed by atoms with Crippen LogP contribution in [0, 0.1) is 11.3 Å². The third-order valence-electron chi connectivity index (χ3n) is 9.64. The van der Waals surface area contributed by atoms with Crippen molar-refractivity contribution in [3.63, 3.8) is 0 Å². The van der Waals surface area contributed by atoms with Crippen LogP contribution in [0.4, 0.5) is 0 Å². The van der Waals surface area contributed by atoms with Gasteiger partial charge in [0, 0.05) is 73.8 Å². The molecule has 0 aliphatic carbocycles. The maximum Gasteiger partial charge on any atom is 0.150 e.